The molecule has 1 aliphatic rings. The van der Waals surface area contributed by atoms with Crippen molar-refractivity contribution in [3.63, 3.8) is 0 Å². The average molecular weight is 1090 g/mol. The summed E-state index contributed by atoms with van der Waals surface area (Å²) in [5.41, 5.74) is 19.9. The molecule has 1 aromatic heterocycles. The van der Waals surface area contributed by atoms with E-state index < -0.39 is 0 Å². The number of fused-ring (bicyclic) bond motifs is 8. The van der Waals surface area contributed by atoms with Crippen molar-refractivity contribution in [1.29, 1.82) is 0 Å². The molecule has 1 aliphatic carbocycles. The molecule has 0 spiro atoms. The number of para-hydroxylation sites is 1. The van der Waals surface area contributed by atoms with E-state index in [1.165, 1.54) is 164 Å². The summed E-state index contributed by atoms with van der Waals surface area (Å²) in [7, 11) is 0. The van der Waals surface area contributed by atoms with Gasteiger partial charge < -0.3 is 4.42 Å². The Morgan fingerprint density at radius 2 is 0.616 bits per heavy atom. The second kappa shape index (κ2) is 18.6. The summed E-state index contributed by atoms with van der Waals surface area (Å²) in [6.07, 6.45) is 0. The van der Waals surface area contributed by atoms with Gasteiger partial charge in [-0.15, -0.1) is 0 Å². The van der Waals surface area contributed by atoms with Crippen LogP contribution in [-0.4, -0.2) is 0 Å². The van der Waals surface area contributed by atoms with Gasteiger partial charge in [0.1, 0.15) is 11.2 Å². The third kappa shape index (κ3) is 7.25. The van der Waals surface area contributed by atoms with Crippen molar-refractivity contribution in [3.05, 3.63) is 302 Å². The molecule has 1 heterocycles. The van der Waals surface area contributed by atoms with Crippen LogP contribution in [0, 0.1) is 0 Å². The highest BCUT2D eigenvalue weighted by Crippen LogP contribution is 2.52. The van der Waals surface area contributed by atoms with E-state index in [9.17, 15) is 0 Å². The molecule has 0 unspecified atom stereocenters. The molecule has 0 aliphatic heterocycles. The Morgan fingerprint density at radius 3 is 1.19 bits per heavy atom. The second-order valence-electron chi connectivity index (χ2n) is 24.2. The third-order valence-corrected chi connectivity index (χ3v) is 19.2. The maximum absolute atomic E-state index is 6.10. The van der Waals surface area contributed by atoms with E-state index in [4.69, 9.17) is 4.42 Å². The molecule has 86 heavy (non-hydrogen) atoms. The fourth-order valence-electron chi connectivity index (χ4n) is 15.1. The SMILES string of the molecule is CC1(C)c2cc(-c3ccc(-c4ccc5ccc6cccc7ccc4c5c67)cc3)ccc2-c2ccc(-c3ccc4ccc5cccc6ccc3c4c56)cc21.c1ccc(-c2c3ccccc3c(-c3ccc4oc5ccccc5c4c3)c3ccccc23)cc1. The highest BCUT2D eigenvalue weighted by atomic mass is 16.3. The Labute approximate surface area is 497 Å². The molecular weight excluding hydrogens is 1040 g/mol. The van der Waals surface area contributed by atoms with Crippen molar-refractivity contribution in [1.82, 2.24) is 0 Å². The van der Waals surface area contributed by atoms with Gasteiger partial charge in [0.25, 0.3) is 0 Å². The lowest BCUT2D eigenvalue weighted by Crippen LogP contribution is -2.15. The van der Waals surface area contributed by atoms with E-state index in [0.29, 0.717) is 0 Å². The fraction of sp³-hybridized carbons (Fsp3) is 0.0353. The van der Waals surface area contributed by atoms with E-state index in [-0.39, 0.29) is 5.41 Å². The maximum Gasteiger partial charge on any atom is 0.135 e. The summed E-state index contributed by atoms with van der Waals surface area (Å²) in [6, 6.07) is 107. The molecule has 0 atom stereocenters. The van der Waals surface area contributed by atoms with Crippen molar-refractivity contribution in [2.45, 2.75) is 19.3 Å². The minimum Gasteiger partial charge on any atom is -0.456 e. The zero-order valence-electron chi connectivity index (χ0n) is 47.6. The van der Waals surface area contributed by atoms with Gasteiger partial charge in [0.2, 0.25) is 0 Å². The van der Waals surface area contributed by atoms with Gasteiger partial charge in [0.05, 0.1) is 0 Å². The number of hydrogen-bond acceptors (Lipinski definition) is 1. The van der Waals surface area contributed by atoms with Crippen LogP contribution >= 0.6 is 0 Å². The largest absolute Gasteiger partial charge is 0.456 e. The molecule has 0 saturated heterocycles. The normalized spacial score (nSPS) is 12.9. The molecular formula is C85H54O. The molecule has 19 rings (SSSR count). The zero-order chi connectivity index (χ0) is 56.8. The summed E-state index contributed by atoms with van der Waals surface area (Å²) in [5, 5.41) is 23.3. The van der Waals surface area contributed by atoms with Crippen LogP contribution in [0.4, 0.5) is 0 Å². The molecule has 17 aromatic carbocycles. The predicted molar refractivity (Wildman–Crippen MR) is 367 cm³/mol. The van der Waals surface area contributed by atoms with Gasteiger partial charge in [-0.25, -0.2) is 0 Å². The van der Waals surface area contributed by atoms with E-state index in [0.717, 1.165) is 21.9 Å². The number of rotatable bonds is 5. The Bertz CT molecular complexity index is 5690. The van der Waals surface area contributed by atoms with Crippen LogP contribution in [0.2, 0.25) is 0 Å². The predicted octanol–water partition coefficient (Wildman–Crippen LogP) is 24.0. The minimum absolute atomic E-state index is 0.123. The standard InChI is InChI=1S/C53H34.C32H20O/c1-53(2)47-29-39(31-9-11-32(12-10-31)41-23-17-37-15-13-33-5-3-7-35-19-27-45(41)51(37)49(33)35)21-25-43(47)44-26-22-40(30-48(44)53)42-24-18-38-16-14-34-6-4-8-36-20-28-46(42)52(38)50(34)36;1-2-10-21(11-3-1)31-24-13-4-6-15-26(24)32(27-16-7-5-14-25(27)31)22-18-19-30-28(20-22)23-12-8-9-17-29(23)33-30/h3-30H,1-2H3;1-20H. The maximum atomic E-state index is 6.10. The fourth-order valence-corrected chi connectivity index (χ4v) is 15.1. The molecule has 0 radical (unpaired) electrons. The van der Waals surface area contributed by atoms with Gasteiger partial charge in [0.15, 0.2) is 0 Å². The molecule has 400 valence electrons. The molecule has 1 nitrogen and oxygen atoms in total. The molecule has 0 amide bonds. The van der Waals surface area contributed by atoms with Gasteiger partial charge in [-0.2, -0.15) is 0 Å². The molecule has 0 fully saturated rings. The highest BCUT2D eigenvalue weighted by Gasteiger charge is 2.36. The van der Waals surface area contributed by atoms with Crippen molar-refractivity contribution in [2.24, 2.45) is 0 Å². The summed E-state index contributed by atoms with van der Waals surface area (Å²) >= 11 is 0. The van der Waals surface area contributed by atoms with Crippen LogP contribution < -0.4 is 0 Å². The summed E-state index contributed by atoms with van der Waals surface area (Å²) in [5.74, 6) is 0. The van der Waals surface area contributed by atoms with Gasteiger partial charge >= 0.3 is 0 Å². The lowest BCUT2D eigenvalue weighted by molar-refractivity contribution is 0.661. The molecule has 1 heteroatoms. The van der Waals surface area contributed by atoms with Crippen molar-refractivity contribution >= 4 is 108 Å². The van der Waals surface area contributed by atoms with Crippen molar-refractivity contribution in [2.75, 3.05) is 0 Å². The highest BCUT2D eigenvalue weighted by molar-refractivity contribution is 6.27. The second-order valence-corrected chi connectivity index (χ2v) is 24.2. The Morgan fingerprint density at radius 1 is 0.221 bits per heavy atom. The van der Waals surface area contributed by atoms with Gasteiger partial charge in [0, 0.05) is 16.2 Å². The number of benzene rings is 17. The van der Waals surface area contributed by atoms with Crippen LogP contribution in [0.25, 0.3) is 175 Å². The minimum atomic E-state index is -0.123. The van der Waals surface area contributed by atoms with E-state index >= 15 is 0 Å². The summed E-state index contributed by atoms with van der Waals surface area (Å²) in [6.45, 7) is 4.79. The lowest BCUT2D eigenvalue weighted by atomic mass is 9.80. The molecule has 0 saturated carbocycles. The van der Waals surface area contributed by atoms with E-state index in [1.807, 2.05) is 12.1 Å². The van der Waals surface area contributed by atoms with Gasteiger partial charge in [-0.3, -0.25) is 0 Å². The van der Waals surface area contributed by atoms with Crippen molar-refractivity contribution in [3.8, 4) is 66.8 Å². The average Bonchev–Trinajstić information content (AvgIpc) is 2.04. The van der Waals surface area contributed by atoms with Crippen LogP contribution in [0.1, 0.15) is 25.0 Å². The molecule has 0 bridgehead atoms. The van der Waals surface area contributed by atoms with Crippen LogP contribution in [-0.2, 0) is 5.41 Å². The zero-order valence-corrected chi connectivity index (χ0v) is 47.6. The lowest BCUT2D eigenvalue weighted by Gasteiger charge is -2.23. The first-order valence-corrected chi connectivity index (χ1v) is 30.0. The topological polar surface area (TPSA) is 13.1 Å². The smallest absolute Gasteiger partial charge is 0.135 e. The monoisotopic (exact) mass is 1090 g/mol. The number of furan rings is 1. The molecule has 0 N–H and O–H groups in total. The molecule has 18 aromatic rings. The van der Waals surface area contributed by atoms with E-state index in [2.05, 4.69) is 293 Å². The summed E-state index contributed by atoms with van der Waals surface area (Å²) < 4.78 is 6.10. The Balaban J connectivity index is 0.000000145. The van der Waals surface area contributed by atoms with Crippen molar-refractivity contribution < 1.29 is 4.42 Å². The van der Waals surface area contributed by atoms with Gasteiger partial charge in [-0.05, 0) is 194 Å². The Hall–Kier alpha value is -10.9. The van der Waals surface area contributed by atoms with Crippen LogP contribution in [0.5, 0.6) is 0 Å². The van der Waals surface area contributed by atoms with Gasteiger partial charge in [-0.1, -0.05) is 275 Å². The number of hydrogen-bond donors (Lipinski definition) is 0. The van der Waals surface area contributed by atoms with Crippen LogP contribution in [0.15, 0.2) is 296 Å². The summed E-state index contributed by atoms with van der Waals surface area (Å²) in [4.78, 5) is 0. The Kier molecular flexibility index (Phi) is 10.5. The third-order valence-electron chi connectivity index (χ3n) is 19.2. The van der Waals surface area contributed by atoms with Crippen LogP contribution in [0.3, 0.4) is 0 Å². The van der Waals surface area contributed by atoms with E-state index in [1.54, 1.807) is 0 Å². The quantitative estimate of drug-likeness (QED) is 0.124. The first-order valence-electron chi connectivity index (χ1n) is 30.0. The first-order chi connectivity index (χ1) is 42.4. The first kappa shape index (κ1) is 48.6.